The van der Waals surface area contributed by atoms with Gasteiger partial charge in [-0.15, -0.1) is 0 Å². The van der Waals surface area contributed by atoms with Crippen LogP contribution in [0, 0.1) is 5.82 Å². The number of benzene rings is 2. The molecule has 31 heavy (non-hydrogen) atoms. The van der Waals surface area contributed by atoms with E-state index in [1.807, 2.05) is 6.92 Å². The van der Waals surface area contributed by atoms with Crippen LogP contribution < -0.4 is 15.0 Å². The van der Waals surface area contributed by atoms with Gasteiger partial charge in [0.1, 0.15) is 12.4 Å². The minimum absolute atomic E-state index is 0.0533. The Hall–Kier alpha value is -4.01. The Morgan fingerprint density at radius 2 is 1.94 bits per heavy atom. The maximum absolute atomic E-state index is 14.1. The van der Waals surface area contributed by atoms with E-state index in [2.05, 4.69) is 15.2 Å². The number of halogens is 1. The van der Waals surface area contributed by atoms with Crippen molar-refractivity contribution in [3.8, 4) is 34.1 Å². The number of aromatic nitrogens is 4. The first-order valence-corrected chi connectivity index (χ1v) is 9.56. The predicted molar refractivity (Wildman–Crippen MR) is 110 cm³/mol. The average Bonchev–Trinajstić information content (AvgIpc) is 3.25. The summed E-state index contributed by atoms with van der Waals surface area (Å²) in [6, 6.07) is 14.3. The van der Waals surface area contributed by atoms with Crippen molar-refractivity contribution in [2.24, 2.45) is 0 Å². The molecule has 0 aliphatic rings. The molecule has 0 radical (unpaired) electrons. The summed E-state index contributed by atoms with van der Waals surface area (Å²) in [5, 5.41) is 8.21. The van der Waals surface area contributed by atoms with Crippen molar-refractivity contribution < 1.29 is 18.4 Å². The van der Waals surface area contributed by atoms with Gasteiger partial charge in [-0.1, -0.05) is 17.3 Å². The molecule has 2 heterocycles. The molecule has 2 aromatic heterocycles. The molecule has 0 amide bonds. The first-order chi connectivity index (χ1) is 15.1. The van der Waals surface area contributed by atoms with Crippen LogP contribution in [0.4, 0.5) is 4.39 Å². The van der Waals surface area contributed by atoms with Gasteiger partial charge in [0, 0.05) is 17.2 Å². The van der Waals surface area contributed by atoms with Crippen molar-refractivity contribution in [3.05, 3.63) is 76.7 Å². The maximum Gasteiger partial charge on any atom is 0.267 e. The lowest BCUT2D eigenvalue weighted by Crippen LogP contribution is -2.23. The Bertz CT molecular complexity index is 1270. The zero-order valence-corrected chi connectivity index (χ0v) is 16.9. The highest BCUT2D eigenvalue weighted by Gasteiger charge is 2.14. The molecule has 8 nitrogen and oxygen atoms in total. The molecule has 0 atom stereocenters. The van der Waals surface area contributed by atoms with Crippen LogP contribution in [0.1, 0.15) is 12.8 Å². The molecule has 0 unspecified atom stereocenters. The van der Waals surface area contributed by atoms with Crippen molar-refractivity contribution in [1.82, 2.24) is 19.9 Å². The summed E-state index contributed by atoms with van der Waals surface area (Å²) in [7, 11) is 1.55. The van der Waals surface area contributed by atoms with E-state index in [4.69, 9.17) is 14.0 Å². The number of hydrogen-bond acceptors (Lipinski definition) is 7. The average molecular weight is 422 g/mol. The Morgan fingerprint density at radius 1 is 1.10 bits per heavy atom. The van der Waals surface area contributed by atoms with Gasteiger partial charge in [-0.05, 0) is 43.3 Å². The molecule has 0 aliphatic heterocycles. The summed E-state index contributed by atoms with van der Waals surface area (Å²) in [6.07, 6.45) is 0. The SMILES string of the molecule is CCOc1ccc(-c2noc(Cn3nc(-c4ccccc4F)ccc3=O)n2)cc1OC. The maximum atomic E-state index is 14.1. The second kappa shape index (κ2) is 8.78. The van der Waals surface area contributed by atoms with Gasteiger partial charge in [-0.2, -0.15) is 10.1 Å². The topological polar surface area (TPSA) is 92.3 Å². The fourth-order valence-electron chi connectivity index (χ4n) is 3.02. The molecule has 0 saturated heterocycles. The molecule has 4 aromatic rings. The monoisotopic (exact) mass is 422 g/mol. The van der Waals surface area contributed by atoms with Crippen LogP contribution in [-0.4, -0.2) is 33.6 Å². The molecule has 0 fully saturated rings. The van der Waals surface area contributed by atoms with Crippen LogP contribution >= 0.6 is 0 Å². The van der Waals surface area contributed by atoms with E-state index in [-0.39, 0.29) is 18.0 Å². The van der Waals surface area contributed by atoms with Gasteiger partial charge in [0.2, 0.25) is 11.7 Å². The summed E-state index contributed by atoms with van der Waals surface area (Å²) in [6.45, 7) is 2.34. The highest BCUT2D eigenvalue weighted by molar-refractivity contribution is 5.61. The largest absolute Gasteiger partial charge is 0.493 e. The van der Waals surface area contributed by atoms with Crippen LogP contribution in [0.5, 0.6) is 11.5 Å². The standard InChI is InChI=1S/C22H19FN4O4/c1-3-30-18-10-8-14(12-19(18)29-2)22-24-20(31-26-22)13-27-21(28)11-9-17(25-27)15-6-4-5-7-16(15)23/h4-12H,3,13H2,1-2H3. The van der Waals surface area contributed by atoms with Crippen LogP contribution in [-0.2, 0) is 6.54 Å². The number of methoxy groups -OCH3 is 1. The highest BCUT2D eigenvalue weighted by atomic mass is 19.1. The summed E-state index contributed by atoms with van der Waals surface area (Å²) in [5.74, 6) is 1.24. The smallest absolute Gasteiger partial charge is 0.267 e. The zero-order chi connectivity index (χ0) is 21.8. The molecule has 0 bridgehead atoms. The van der Waals surface area contributed by atoms with Crippen molar-refractivity contribution in [1.29, 1.82) is 0 Å². The molecule has 9 heteroatoms. The van der Waals surface area contributed by atoms with Crippen LogP contribution in [0.25, 0.3) is 22.6 Å². The molecule has 0 spiro atoms. The lowest BCUT2D eigenvalue weighted by atomic mass is 10.1. The molecule has 4 rings (SSSR count). The fraction of sp³-hybridized carbons (Fsp3) is 0.182. The van der Waals surface area contributed by atoms with Gasteiger partial charge >= 0.3 is 0 Å². The quantitative estimate of drug-likeness (QED) is 0.450. The second-order valence-electron chi connectivity index (χ2n) is 6.50. The van der Waals surface area contributed by atoms with Crippen molar-refractivity contribution in [2.45, 2.75) is 13.5 Å². The van der Waals surface area contributed by atoms with Gasteiger partial charge in [-0.25, -0.2) is 9.07 Å². The summed E-state index contributed by atoms with van der Waals surface area (Å²) < 4.78 is 31.4. The van der Waals surface area contributed by atoms with E-state index in [1.54, 1.807) is 43.5 Å². The van der Waals surface area contributed by atoms with Crippen LogP contribution in [0.15, 0.2) is 63.9 Å². The third-order valence-electron chi connectivity index (χ3n) is 4.49. The Morgan fingerprint density at radius 3 is 2.71 bits per heavy atom. The fourth-order valence-corrected chi connectivity index (χ4v) is 3.02. The Balaban J connectivity index is 1.61. The highest BCUT2D eigenvalue weighted by Crippen LogP contribution is 2.31. The number of ether oxygens (including phenoxy) is 2. The molecule has 2 aromatic carbocycles. The first kappa shape index (κ1) is 20.3. The third-order valence-corrected chi connectivity index (χ3v) is 4.49. The van der Waals surface area contributed by atoms with Gasteiger partial charge in [0.05, 0.1) is 19.4 Å². The van der Waals surface area contributed by atoms with Crippen molar-refractivity contribution in [2.75, 3.05) is 13.7 Å². The molecule has 158 valence electrons. The lowest BCUT2D eigenvalue weighted by Gasteiger charge is -2.09. The zero-order valence-electron chi connectivity index (χ0n) is 16.9. The van der Waals surface area contributed by atoms with E-state index in [9.17, 15) is 9.18 Å². The van der Waals surface area contributed by atoms with E-state index in [1.165, 1.54) is 18.2 Å². The lowest BCUT2D eigenvalue weighted by molar-refractivity contribution is 0.311. The molecular formula is C22H19FN4O4. The first-order valence-electron chi connectivity index (χ1n) is 9.56. The van der Waals surface area contributed by atoms with Gasteiger partial charge < -0.3 is 14.0 Å². The van der Waals surface area contributed by atoms with Gasteiger partial charge in [0.25, 0.3) is 5.56 Å². The number of hydrogen-bond donors (Lipinski definition) is 0. The van der Waals surface area contributed by atoms with E-state index >= 15 is 0 Å². The van der Waals surface area contributed by atoms with Crippen LogP contribution in [0.2, 0.25) is 0 Å². The van der Waals surface area contributed by atoms with Crippen molar-refractivity contribution >= 4 is 0 Å². The Kier molecular flexibility index (Phi) is 5.74. The van der Waals surface area contributed by atoms with Gasteiger partial charge in [0.15, 0.2) is 11.5 Å². The Labute approximate surface area is 176 Å². The second-order valence-corrected chi connectivity index (χ2v) is 6.50. The molecule has 0 saturated carbocycles. The summed E-state index contributed by atoms with van der Waals surface area (Å²) >= 11 is 0. The summed E-state index contributed by atoms with van der Waals surface area (Å²) in [5.41, 5.74) is 0.913. The minimum atomic E-state index is -0.426. The molecule has 0 aliphatic carbocycles. The third kappa shape index (κ3) is 4.30. The number of nitrogens with zero attached hydrogens (tertiary/aromatic N) is 4. The molecule has 0 N–H and O–H groups in total. The van der Waals surface area contributed by atoms with Gasteiger partial charge in [-0.3, -0.25) is 4.79 Å². The summed E-state index contributed by atoms with van der Waals surface area (Å²) in [4.78, 5) is 16.6. The van der Waals surface area contributed by atoms with Crippen molar-refractivity contribution in [3.63, 3.8) is 0 Å². The van der Waals surface area contributed by atoms with Crippen LogP contribution in [0.3, 0.4) is 0 Å². The predicted octanol–water partition coefficient (Wildman–Crippen LogP) is 3.56. The molecular weight excluding hydrogens is 403 g/mol. The van der Waals surface area contributed by atoms with E-state index < -0.39 is 5.82 Å². The van der Waals surface area contributed by atoms with E-state index in [0.29, 0.717) is 40.8 Å². The van der Waals surface area contributed by atoms with E-state index in [0.717, 1.165) is 4.68 Å². The minimum Gasteiger partial charge on any atom is -0.493 e. The number of rotatable bonds is 7. The normalized spacial score (nSPS) is 10.8.